The summed E-state index contributed by atoms with van der Waals surface area (Å²) in [7, 11) is 0. The third-order valence-electron chi connectivity index (χ3n) is 3.39. The minimum Gasteiger partial charge on any atom is -0.355 e. The third-order valence-corrected chi connectivity index (χ3v) is 3.39. The second kappa shape index (κ2) is 7.05. The topological polar surface area (TPSA) is 70.2 Å². The minimum atomic E-state index is -0.260. The summed E-state index contributed by atoms with van der Waals surface area (Å²) < 4.78 is 0. The quantitative estimate of drug-likeness (QED) is 0.726. The van der Waals surface area contributed by atoms with E-state index < -0.39 is 0 Å². The average Bonchev–Trinajstić information content (AvgIpc) is 2.50. The van der Waals surface area contributed by atoms with Crippen molar-refractivity contribution in [2.75, 3.05) is 13.1 Å². The Bertz CT molecular complexity index is 488. The van der Waals surface area contributed by atoms with Crippen molar-refractivity contribution in [3.63, 3.8) is 0 Å². The molecule has 0 spiro atoms. The molecule has 0 saturated heterocycles. The molecule has 2 amide bonds. The van der Waals surface area contributed by atoms with Gasteiger partial charge in [0.25, 0.3) is 0 Å². The van der Waals surface area contributed by atoms with Crippen LogP contribution in [0.4, 0.5) is 0 Å². The van der Waals surface area contributed by atoms with Crippen LogP contribution in [0.25, 0.3) is 0 Å². The number of rotatable bonds is 5. The summed E-state index contributed by atoms with van der Waals surface area (Å²) in [5, 5.41) is 8.61. The van der Waals surface area contributed by atoms with Gasteiger partial charge in [-0.15, -0.1) is 0 Å². The molecule has 20 heavy (non-hydrogen) atoms. The molecule has 108 valence electrons. The lowest BCUT2D eigenvalue weighted by Crippen LogP contribution is -2.49. The Morgan fingerprint density at radius 1 is 1.25 bits per heavy atom. The van der Waals surface area contributed by atoms with Crippen molar-refractivity contribution < 1.29 is 9.59 Å². The highest BCUT2D eigenvalue weighted by Gasteiger charge is 2.23. The van der Waals surface area contributed by atoms with Crippen molar-refractivity contribution in [1.82, 2.24) is 16.0 Å². The van der Waals surface area contributed by atoms with Gasteiger partial charge < -0.3 is 16.0 Å². The van der Waals surface area contributed by atoms with E-state index in [0.717, 1.165) is 6.42 Å². The van der Waals surface area contributed by atoms with Crippen molar-refractivity contribution in [3.8, 4) is 0 Å². The highest BCUT2D eigenvalue weighted by atomic mass is 16.2. The smallest absolute Gasteiger partial charge is 0.239 e. The minimum absolute atomic E-state index is 0.0403. The summed E-state index contributed by atoms with van der Waals surface area (Å²) in [4.78, 5) is 23.5. The molecule has 0 fully saturated rings. The van der Waals surface area contributed by atoms with Crippen LogP contribution in [0.1, 0.15) is 24.5 Å². The van der Waals surface area contributed by atoms with Gasteiger partial charge in [-0.25, -0.2) is 0 Å². The maximum Gasteiger partial charge on any atom is 0.239 e. The van der Waals surface area contributed by atoms with Gasteiger partial charge in [0, 0.05) is 13.1 Å². The molecule has 1 aromatic carbocycles. The van der Waals surface area contributed by atoms with E-state index in [0.29, 0.717) is 19.5 Å². The molecule has 3 N–H and O–H groups in total. The van der Waals surface area contributed by atoms with Crippen LogP contribution in [0.5, 0.6) is 0 Å². The van der Waals surface area contributed by atoms with Gasteiger partial charge in [-0.2, -0.15) is 0 Å². The van der Waals surface area contributed by atoms with E-state index in [2.05, 4.69) is 22.0 Å². The van der Waals surface area contributed by atoms with Crippen LogP contribution < -0.4 is 16.0 Å². The van der Waals surface area contributed by atoms with Crippen molar-refractivity contribution in [2.45, 2.75) is 32.4 Å². The first-order valence-electron chi connectivity index (χ1n) is 7.05. The zero-order valence-electron chi connectivity index (χ0n) is 11.7. The van der Waals surface area contributed by atoms with E-state index in [1.165, 1.54) is 11.1 Å². The Labute approximate surface area is 119 Å². The average molecular weight is 275 g/mol. The van der Waals surface area contributed by atoms with Gasteiger partial charge in [-0.3, -0.25) is 9.59 Å². The van der Waals surface area contributed by atoms with Crippen LogP contribution in [0.2, 0.25) is 0 Å². The molecule has 5 heteroatoms. The molecular weight excluding hydrogens is 254 g/mol. The van der Waals surface area contributed by atoms with Crippen molar-refractivity contribution in [2.24, 2.45) is 0 Å². The van der Waals surface area contributed by atoms with E-state index in [1.54, 1.807) is 0 Å². The molecule has 1 heterocycles. The number of benzene rings is 1. The molecule has 5 nitrogen and oxygen atoms in total. The van der Waals surface area contributed by atoms with Crippen LogP contribution >= 0.6 is 0 Å². The summed E-state index contributed by atoms with van der Waals surface area (Å²) >= 11 is 0. The number of hydrogen-bond acceptors (Lipinski definition) is 3. The Balaban J connectivity index is 1.81. The monoisotopic (exact) mass is 275 g/mol. The fraction of sp³-hybridized carbons (Fsp3) is 0.467. The predicted molar refractivity (Wildman–Crippen MR) is 77.1 cm³/mol. The SMILES string of the molecule is CCCNC(=O)CNC(=O)C1Cc2ccccc2CN1. The number of amides is 2. The van der Waals surface area contributed by atoms with Crippen molar-refractivity contribution >= 4 is 11.8 Å². The zero-order chi connectivity index (χ0) is 14.4. The maximum absolute atomic E-state index is 12.0. The Hall–Kier alpha value is -1.88. The van der Waals surface area contributed by atoms with Gasteiger partial charge in [-0.05, 0) is 24.0 Å². The normalized spacial score (nSPS) is 17.1. The second-order valence-electron chi connectivity index (χ2n) is 4.97. The van der Waals surface area contributed by atoms with Crippen LogP contribution in [-0.4, -0.2) is 30.9 Å². The summed E-state index contributed by atoms with van der Waals surface area (Å²) in [5.41, 5.74) is 2.43. The standard InChI is InChI=1S/C15H21N3O2/c1-2-7-16-14(19)10-18-15(20)13-8-11-5-3-4-6-12(11)9-17-13/h3-6,13,17H,2,7-10H2,1H3,(H,16,19)(H,18,20). The lowest BCUT2D eigenvalue weighted by Gasteiger charge is -2.25. The fourth-order valence-corrected chi connectivity index (χ4v) is 2.26. The summed E-state index contributed by atoms with van der Waals surface area (Å²) in [6.07, 6.45) is 1.55. The van der Waals surface area contributed by atoms with Crippen molar-refractivity contribution in [3.05, 3.63) is 35.4 Å². The summed E-state index contributed by atoms with van der Waals surface area (Å²) in [6, 6.07) is 7.83. The molecule has 1 atom stereocenters. The largest absolute Gasteiger partial charge is 0.355 e. The van der Waals surface area contributed by atoms with E-state index in [1.807, 2.05) is 25.1 Å². The van der Waals surface area contributed by atoms with Gasteiger partial charge in [0.2, 0.25) is 11.8 Å². The first-order valence-corrected chi connectivity index (χ1v) is 7.05. The number of fused-ring (bicyclic) bond motifs is 1. The molecule has 1 unspecified atom stereocenters. The second-order valence-corrected chi connectivity index (χ2v) is 4.97. The van der Waals surface area contributed by atoms with Gasteiger partial charge in [0.15, 0.2) is 0 Å². The van der Waals surface area contributed by atoms with E-state index in [-0.39, 0.29) is 24.4 Å². The van der Waals surface area contributed by atoms with Crippen LogP contribution in [0.3, 0.4) is 0 Å². The van der Waals surface area contributed by atoms with Gasteiger partial charge in [-0.1, -0.05) is 31.2 Å². The number of hydrogen-bond donors (Lipinski definition) is 3. The predicted octanol–water partition coefficient (Wildman–Crippen LogP) is 0.343. The maximum atomic E-state index is 12.0. The Kier molecular flexibility index (Phi) is 5.12. The lowest BCUT2D eigenvalue weighted by atomic mass is 9.95. The molecule has 1 aliphatic heterocycles. The van der Waals surface area contributed by atoms with Crippen LogP contribution in [0.15, 0.2) is 24.3 Å². The van der Waals surface area contributed by atoms with Crippen LogP contribution in [-0.2, 0) is 22.6 Å². The van der Waals surface area contributed by atoms with E-state index >= 15 is 0 Å². The zero-order valence-corrected chi connectivity index (χ0v) is 11.7. The molecule has 1 aliphatic rings. The molecule has 0 bridgehead atoms. The fourth-order valence-electron chi connectivity index (χ4n) is 2.26. The molecule has 2 rings (SSSR count). The number of carbonyl (C=O) groups is 2. The van der Waals surface area contributed by atoms with Gasteiger partial charge >= 0.3 is 0 Å². The number of nitrogens with one attached hydrogen (secondary N) is 3. The van der Waals surface area contributed by atoms with Crippen molar-refractivity contribution in [1.29, 1.82) is 0 Å². The Morgan fingerprint density at radius 2 is 2.00 bits per heavy atom. The molecule has 1 aromatic rings. The molecule has 0 radical (unpaired) electrons. The summed E-state index contributed by atoms with van der Waals surface area (Å²) in [6.45, 7) is 3.36. The van der Waals surface area contributed by atoms with Gasteiger partial charge in [0.05, 0.1) is 12.6 Å². The van der Waals surface area contributed by atoms with E-state index in [4.69, 9.17) is 0 Å². The van der Waals surface area contributed by atoms with Crippen LogP contribution in [0, 0.1) is 0 Å². The molecule has 0 saturated carbocycles. The van der Waals surface area contributed by atoms with E-state index in [9.17, 15) is 9.59 Å². The number of carbonyl (C=O) groups excluding carboxylic acids is 2. The third kappa shape index (κ3) is 3.81. The summed E-state index contributed by atoms with van der Waals surface area (Å²) in [5.74, 6) is -0.262. The first-order chi connectivity index (χ1) is 9.70. The highest BCUT2D eigenvalue weighted by molar-refractivity contribution is 5.87. The molecule has 0 aromatic heterocycles. The lowest BCUT2D eigenvalue weighted by molar-refractivity contribution is -0.127. The Morgan fingerprint density at radius 3 is 2.75 bits per heavy atom. The first kappa shape index (κ1) is 14.5. The van der Waals surface area contributed by atoms with Gasteiger partial charge in [0.1, 0.15) is 0 Å². The molecular formula is C15H21N3O2. The highest BCUT2D eigenvalue weighted by Crippen LogP contribution is 2.16. The molecule has 0 aliphatic carbocycles.